The Morgan fingerprint density at radius 2 is 1.79 bits per heavy atom. The van der Waals surface area contributed by atoms with Gasteiger partial charge < -0.3 is 35.6 Å². The highest BCUT2D eigenvalue weighted by atomic mass is 19.1. The number of carbonyl (C=O) groups excluding carboxylic acids is 3. The van der Waals surface area contributed by atoms with E-state index < -0.39 is 24.0 Å². The van der Waals surface area contributed by atoms with Gasteiger partial charge in [-0.1, -0.05) is 6.92 Å². The third-order valence-electron chi connectivity index (χ3n) is 6.49. The number of aliphatic hydroxyl groups is 1. The second-order valence-electron chi connectivity index (χ2n) is 10.3. The molecule has 0 aliphatic carbocycles. The Morgan fingerprint density at radius 3 is 2.44 bits per heavy atom. The zero-order valence-electron chi connectivity index (χ0n) is 23.0. The van der Waals surface area contributed by atoms with Crippen LogP contribution < -0.4 is 20.7 Å². The van der Waals surface area contributed by atoms with Crippen LogP contribution in [0.3, 0.4) is 0 Å². The van der Waals surface area contributed by atoms with E-state index in [1.165, 1.54) is 29.2 Å². The average molecular weight is 544 g/mol. The van der Waals surface area contributed by atoms with Gasteiger partial charge in [0.1, 0.15) is 17.7 Å². The van der Waals surface area contributed by atoms with Crippen LogP contribution >= 0.6 is 0 Å². The summed E-state index contributed by atoms with van der Waals surface area (Å²) in [6.07, 6.45) is -0.489. The number of hydrogen-bond donors (Lipinski definition) is 4. The lowest BCUT2D eigenvalue weighted by Gasteiger charge is -2.34. The summed E-state index contributed by atoms with van der Waals surface area (Å²) in [6, 6.07) is 9.36. The molecule has 11 heteroatoms. The SMILES string of the molecule is CC(C)NC(=O)Nc1ccc2c(c1)CC(=O)N([C@H](C)CO)C[C@H](C)[C@@H](CN(C)C(=O)Nc1ccc(F)cc1)O2. The lowest BCUT2D eigenvalue weighted by molar-refractivity contribution is -0.134. The summed E-state index contributed by atoms with van der Waals surface area (Å²) >= 11 is 0. The molecule has 3 rings (SSSR count). The summed E-state index contributed by atoms with van der Waals surface area (Å²) in [5.74, 6) is -0.312. The van der Waals surface area contributed by atoms with Crippen molar-refractivity contribution in [3.05, 3.63) is 53.8 Å². The van der Waals surface area contributed by atoms with E-state index in [-0.39, 0.29) is 43.5 Å². The number of benzene rings is 2. The van der Waals surface area contributed by atoms with E-state index in [1.807, 2.05) is 20.8 Å². The minimum atomic E-state index is -0.505. The van der Waals surface area contributed by atoms with Gasteiger partial charge in [-0.25, -0.2) is 14.0 Å². The molecular weight excluding hydrogens is 505 g/mol. The Morgan fingerprint density at radius 1 is 1.13 bits per heavy atom. The van der Waals surface area contributed by atoms with Crippen LogP contribution in [0.1, 0.15) is 33.3 Å². The molecular formula is C28H38FN5O5. The number of aliphatic hydroxyl groups excluding tert-OH is 1. The third kappa shape index (κ3) is 8.31. The number of rotatable bonds is 7. The van der Waals surface area contributed by atoms with Crippen molar-refractivity contribution in [2.24, 2.45) is 5.92 Å². The highest BCUT2D eigenvalue weighted by Gasteiger charge is 2.32. The normalized spacial score (nSPS) is 18.2. The zero-order valence-corrected chi connectivity index (χ0v) is 23.0. The van der Waals surface area contributed by atoms with Crippen molar-refractivity contribution >= 4 is 29.3 Å². The van der Waals surface area contributed by atoms with Crippen molar-refractivity contribution in [2.75, 3.05) is 37.4 Å². The first kappa shape index (κ1) is 29.7. The summed E-state index contributed by atoms with van der Waals surface area (Å²) in [6.45, 7) is 7.71. The lowest BCUT2D eigenvalue weighted by Crippen LogP contribution is -2.48. The first-order chi connectivity index (χ1) is 18.5. The van der Waals surface area contributed by atoms with Gasteiger partial charge in [0, 0.05) is 42.5 Å². The molecule has 0 bridgehead atoms. The predicted octanol–water partition coefficient (Wildman–Crippen LogP) is 3.67. The number of hydrogen-bond acceptors (Lipinski definition) is 5. The summed E-state index contributed by atoms with van der Waals surface area (Å²) in [5, 5.41) is 18.1. The molecule has 0 radical (unpaired) electrons. The van der Waals surface area contributed by atoms with E-state index in [0.29, 0.717) is 29.2 Å². The number of nitrogens with one attached hydrogen (secondary N) is 3. The molecule has 39 heavy (non-hydrogen) atoms. The van der Waals surface area contributed by atoms with Crippen molar-refractivity contribution in [1.82, 2.24) is 15.1 Å². The second kappa shape index (κ2) is 13.3. The molecule has 0 fully saturated rings. The summed E-state index contributed by atoms with van der Waals surface area (Å²) in [5.41, 5.74) is 1.54. The second-order valence-corrected chi connectivity index (χ2v) is 10.3. The minimum Gasteiger partial charge on any atom is -0.488 e. The van der Waals surface area contributed by atoms with Gasteiger partial charge in [-0.05, 0) is 63.2 Å². The molecule has 5 amide bonds. The smallest absolute Gasteiger partial charge is 0.321 e. The topological polar surface area (TPSA) is 123 Å². The van der Waals surface area contributed by atoms with Gasteiger partial charge in [0.25, 0.3) is 0 Å². The fraction of sp³-hybridized carbons (Fsp3) is 0.464. The molecule has 1 aliphatic heterocycles. The molecule has 1 heterocycles. The van der Waals surface area contributed by atoms with Gasteiger partial charge in [-0.3, -0.25) is 4.79 Å². The van der Waals surface area contributed by atoms with E-state index in [4.69, 9.17) is 4.74 Å². The zero-order chi connectivity index (χ0) is 28.7. The molecule has 2 aromatic rings. The number of carbonyl (C=O) groups is 3. The molecule has 0 unspecified atom stereocenters. The number of halogens is 1. The molecule has 0 saturated carbocycles. The minimum absolute atomic E-state index is 0.0152. The van der Waals surface area contributed by atoms with Crippen LogP contribution in [0, 0.1) is 11.7 Å². The Labute approximate surface area is 228 Å². The Kier molecular flexibility index (Phi) is 10.1. The molecule has 0 aromatic heterocycles. The maximum absolute atomic E-state index is 13.3. The third-order valence-corrected chi connectivity index (χ3v) is 6.49. The molecule has 2 aromatic carbocycles. The van der Waals surface area contributed by atoms with E-state index >= 15 is 0 Å². The van der Waals surface area contributed by atoms with Crippen LogP contribution in [0.5, 0.6) is 5.75 Å². The average Bonchev–Trinajstić information content (AvgIpc) is 2.92. The maximum atomic E-state index is 13.3. The fourth-order valence-electron chi connectivity index (χ4n) is 4.26. The Bertz CT molecular complexity index is 1160. The first-order valence-electron chi connectivity index (χ1n) is 13.0. The number of ether oxygens (including phenoxy) is 1. The van der Waals surface area contributed by atoms with E-state index in [2.05, 4.69) is 16.0 Å². The van der Waals surface area contributed by atoms with Crippen molar-refractivity contribution in [3.8, 4) is 5.75 Å². The molecule has 4 N–H and O–H groups in total. The maximum Gasteiger partial charge on any atom is 0.321 e. The van der Waals surface area contributed by atoms with Crippen molar-refractivity contribution in [1.29, 1.82) is 0 Å². The standard InChI is InChI=1S/C28H38FN5O5/c1-17(2)30-27(37)31-23-10-11-24-20(12-23)13-26(36)34(19(4)16-35)14-18(3)25(39-24)15-33(5)28(38)32-22-8-6-21(29)7-9-22/h6-12,17-19,25,35H,13-16H2,1-5H3,(H,32,38)(H2,30,31,37)/t18-,19+,25+/m0/s1. The van der Waals surface area contributed by atoms with Gasteiger partial charge in [0.15, 0.2) is 0 Å². The summed E-state index contributed by atoms with van der Waals surface area (Å²) in [4.78, 5) is 41.5. The van der Waals surface area contributed by atoms with Gasteiger partial charge in [-0.2, -0.15) is 0 Å². The van der Waals surface area contributed by atoms with Gasteiger partial charge in [-0.15, -0.1) is 0 Å². The highest BCUT2D eigenvalue weighted by molar-refractivity contribution is 5.90. The molecule has 212 valence electrons. The number of anilines is 2. The van der Waals surface area contributed by atoms with Crippen LogP contribution in [-0.4, -0.2) is 77.8 Å². The molecule has 10 nitrogen and oxygen atoms in total. The monoisotopic (exact) mass is 543 g/mol. The van der Waals surface area contributed by atoms with Crippen molar-refractivity contribution in [3.63, 3.8) is 0 Å². The molecule has 0 saturated heterocycles. The van der Waals surface area contributed by atoms with Crippen LogP contribution in [0.25, 0.3) is 0 Å². The largest absolute Gasteiger partial charge is 0.488 e. The number of amides is 5. The lowest BCUT2D eigenvalue weighted by atomic mass is 10.0. The summed E-state index contributed by atoms with van der Waals surface area (Å²) in [7, 11) is 1.63. The number of urea groups is 2. The highest BCUT2D eigenvalue weighted by Crippen LogP contribution is 2.29. The van der Waals surface area contributed by atoms with E-state index in [9.17, 15) is 23.9 Å². The quantitative estimate of drug-likeness (QED) is 0.424. The van der Waals surface area contributed by atoms with Gasteiger partial charge in [0.05, 0.1) is 25.6 Å². The molecule has 3 atom stereocenters. The van der Waals surface area contributed by atoms with Crippen LogP contribution in [0.15, 0.2) is 42.5 Å². The van der Waals surface area contributed by atoms with Crippen LogP contribution in [0.2, 0.25) is 0 Å². The summed E-state index contributed by atoms with van der Waals surface area (Å²) < 4.78 is 19.6. The molecule has 1 aliphatic rings. The number of likely N-dealkylation sites (N-methyl/N-ethyl adjacent to an activating group) is 1. The fourth-order valence-corrected chi connectivity index (χ4v) is 4.26. The Hall–Kier alpha value is -3.86. The Balaban J connectivity index is 1.86. The number of nitrogens with zero attached hydrogens (tertiary/aromatic N) is 2. The van der Waals surface area contributed by atoms with E-state index in [1.54, 1.807) is 37.1 Å². The van der Waals surface area contributed by atoms with Crippen LogP contribution in [-0.2, 0) is 11.2 Å². The first-order valence-corrected chi connectivity index (χ1v) is 13.0. The predicted molar refractivity (Wildman–Crippen MR) is 147 cm³/mol. The van der Waals surface area contributed by atoms with Gasteiger partial charge >= 0.3 is 12.1 Å². The van der Waals surface area contributed by atoms with Gasteiger partial charge in [0.2, 0.25) is 5.91 Å². The van der Waals surface area contributed by atoms with Crippen LogP contribution in [0.4, 0.5) is 25.4 Å². The van der Waals surface area contributed by atoms with E-state index in [0.717, 1.165) is 0 Å². The number of fused-ring (bicyclic) bond motifs is 1. The molecule has 0 spiro atoms. The van der Waals surface area contributed by atoms with Crippen molar-refractivity contribution in [2.45, 2.75) is 52.3 Å². The van der Waals surface area contributed by atoms with Crippen molar-refractivity contribution < 1.29 is 28.6 Å².